The van der Waals surface area contributed by atoms with Crippen molar-refractivity contribution in [3.05, 3.63) is 34.1 Å². The van der Waals surface area contributed by atoms with Crippen molar-refractivity contribution >= 4 is 15.9 Å². The van der Waals surface area contributed by atoms with Crippen LogP contribution in [0.15, 0.2) is 22.7 Å². The molecule has 2 nitrogen and oxygen atoms in total. The van der Waals surface area contributed by atoms with Gasteiger partial charge in [-0.15, -0.1) is 0 Å². The van der Waals surface area contributed by atoms with E-state index in [0.29, 0.717) is 12.0 Å². The number of piperidine rings is 1. The Balaban J connectivity index is 2.03. The second kappa shape index (κ2) is 6.13. The average Bonchev–Trinajstić information content (AvgIpc) is 2.36. The molecular formula is C14H20BrFN2. The second-order valence-electron chi connectivity index (χ2n) is 5.09. The monoisotopic (exact) mass is 314 g/mol. The lowest BCUT2D eigenvalue weighted by atomic mass is 9.90. The van der Waals surface area contributed by atoms with Crippen molar-refractivity contribution < 1.29 is 4.39 Å². The molecular weight excluding hydrogens is 295 g/mol. The summed E-state index contributed by atoms with van der Waals surface area (Å²) in [7, 11) is 0. The molecule has 4 heteroatoms. The van der Waals surface area contributed by atoms with Crippen LogP contribution in [-0.4, -0.2) is 24.0 Å². The number of nitrogens with zero attached hydrogens (tertiary/aromatic N) is 1. The molecule has 1 aliphatic rings. The number of benzene rings is 1. The molecule has 1 fully saturated rings. The SMILES string of the molecule is CCC1CN(Cc2cc(F)ccc2Br)CCC1N. The largest absolute Gasteiger partial charge is 0.327 e. The Hall–Kier alpha value is -0.450. The Kier molecular flexibility index (Phi) is 4.76. The van der Waals surface area contributed by atoms with Crippen molar-refractivity contribution in [3.8, 4) is 0 Å². The zero-order valence-electron chi connectivity index (χ0n) is 10.7. The van der Waals surface area contributed by atoms with Crippen LogP contribution in [-0.2, 0) is 6.54 Å². The van der Waals surface area contributed by atoms with Gasteiger partial charge in [-0.1, -0.05) is 29.3 Å². The summed E-state index contributed by atoms with van der Waals surface area (Å²) in [6.07, 6.45) is 2.15. The van der Waals surface area contributed by atoms with Gasteiger partial charge in [0, 0.05) is 23.6 Å². The summed E-state index contributed by atoms with van der Waals surface area (Å²) in [4.78, 5) is 2.37. The zero-order valence-corrected chi connectivity index (χ0v) is 12.3. The van der Waals surface area contributed by atoms with Crippen LogP contribution in [0.2, 0.25) is 0 Å². The lowest BCUT2D eigenvalue weighted by molar-refractivity contribution is 0.145. The van der Waals surface area contributed by atoms with Crippen LogP contribution >= 0.6 is 15.9 Å². The summed E-state index contributed by atoms with van der Waals surface area (Å²) < 4.78 is 14.2. The van der Waals surface area contributed by atoms with E-state index in [4.69, 9.17) is 5.73 Å². The van der Waals surface area contributed by atoms with Crippen LogP contribution in [0.1, 0.15) is 25.3 Å². The zero-order chi connectivity index (χ0) is 13.1. The third-order valence-corrected chi connectivity index (χ3v) is 4.58. The van der Waals surface area contributed by atoms with E-state index in [1.54, 1.807) is 12.1 Å². The molecule has 0 saturated carbocycles. The third-order valence-electron chi connectivity index (χ3n) is 3.80. The first-order chi connectivity index (χ1) is 8.60. The van der Waals surface area contributed by atoms with E-state index in [-0.39, 0.29) is 5.82 Å². The van der Waals surface area contributed by atoms with Crippen LogP contribution < -0.4 is 5.73 Å². The van der Waals surface area contributed by atoms with Gasteiger partial charge in [-0.25, -0.2) is 4.39 Å². The van der Waals surface area contributed by atoms with Gasteiger partial charge < -0.3 is 5.73 Å². The number of nitrogens with two attached hydrogens (primary N) is 1. The van der Waals surface area contributed by atoms with Crippen molar-refractivity contribution in [2.24, 2.45) is 11.7 Å². The van der Waals surface area contributed by atoms with Gasteiger partial charge >= 0.3 is 0 Å². The standard InChI is InChI=1S/C14H20BrFN2/c1-2-10-8-18(6-5-14(10)17)9-11-7-12(16)3-4-13(11)15/h3-4,7,10,14H,2,5-6,8-9,17H2,1H3. The highest BCUT2D eigenvalue weighted by atomic mass is 79.9. The van der Waals surface area contributed by atoms with E-state index in [9.17, 15) is 4.39 Å². The van der Waals surface area contributed by atoms with E-state index >= 15 is 0 Å². The van der Waals surface area contributed by atoms with Gasteiger partial charge in [-0.05, 0) is 42.6 Å². The molecule has 2 atom stereocenters. The maximum absolute atomic E-state index is 13.2. The fourth-order valence-corrected chi connectivity index (χ4v) is 2.98. The number of hydrogen-bond acceptors (Lipinski definition) is 2. The molecule has 0 bridgehead atoms. The van der Waals surface area contributed by atoms with Gasteiger partial charge in [0.05, 0.1) is 0 Å². The highest BCUT2D eigenvalue weighted by Crippen LogP contribution is 2.24. The molecule has 1 saturated heterocycles. The van der Waals surface area contributed by atoms with Gasteiger partial charge in [0.2, 0.25) is 0 Å². The maximum atomic E-state index is 13.2. The molecule has 1 aromatic carbocycles. The van der Waals surface area contributed by atoms with Crippen LogP contribution in [0.25, 0.3) is 0 Å². The maximum Gasteiger partial charge on any atom is 0.123 e. The predicted octanol–water partition coefficient (Wildman–Crippen LogP) is 3.15. The Morgan fingerprint density at radius 3 is 3.00 bits per heavy atom. The van der Waals surface area contributed by atoms with Crippen molar-refractivity contribution in [3.63, 3.8) is 0 Å². The lowest BCUT2D eigenvalue weighted by Crippen LogP contribution is -2.46. The van der Waals surface area contributed by atoms with Crippen LogP contribution in [0, 0.1) is 11.7 Å². The molecule has 1 aromatic rings. The molecule has 100 valence electrons. The van der Waals surface area contributed by atoms with Crippen molar-refractivity contribution in [1.29, 1.82) is 0 Å². The summed E-state index contributed by atoms with van der Waals surface area (Å²) in [5, 5.41) is 0. The van der Waals surface area contributed by atoms with Gasteiger partial charge in [0.25, 0.3) is 0 Å². The van der Waals surface area contributed by atoms with Gasteiger partial charge in [-0.3, -0.25) is 4.90 Å². The van der Waals surface area contributed by atoms with Gasteiger partial charge in [0.15, 0.2) is 0 Å². The Morgan fingerprint density at radius 2 is 2.28 bits per heavy atom. The normalized spacial score (nSPS) is 25.3. The minimum atomic E-state index is -0.172. The third kappa shape index (κ3) is 3.31. The average molecular weight is 315 g/mol. The molecule has 0 aromatic heterocycles. The first kappa shape index (κ1) is 14.0. The van der Waals surface area contributed by atoms with Crippen LogP contribution in [0.5, 0.6) is 0 Å². The second-order valence-corrected chi connectivity index (χ2v) is 5.95. The molecule has 1 aliphatic heterocycles. The number of rotatable bonds is 3. The first-order valence-electron chi connectivity index (χ1n) is 6.52. The summed E-state index contributed by atoms with van der Waals surface area (Å²) in [6.45, 7) is 4.99. The summed E-state index contributed by atoms with van der Waals surface area (Å²) in [6, 6.07) is 5.19. The van der Waals surface area contributed by atoms with Crippen molar-refractivity contribution in [2.45, 2.75) is 32.4 Å². The smallest absolute Gasteiger partial charge is 0.123 e. The molecule has 2 rings (SSSR count). The highest BCUT2D eigenvalue weighted by Gasteiger charge is 2.25. The Bertz CT molecular complexity index is 411. The van der Waals surface area contributed by atoms with Gasteiger partial charge in [-0.2, -0.15) is 0 Å². The highest BCUT2D eigenvalue weighted by molar-refractivity contribution is 9.10. The number of halogens is 2. The van der Waals surface area contributed by atoms with Crippen LogP contribution in [0.4, 0.5) is 4.39 Å². The van der Waals surface area contributed by atoms with E-state index < -0.39 is 0 Å². The lowest BCUT2D eigenvalue weighted by Gasteiger charge is -2.36. The first-order valence-corrected chi connectivity index (χ1v) is 7.31. The molecule has 0 aliphatic carbocycles. The van der Waals surface area contributed by atoms with Crippen molar-refractivity contribution in [1.82, 2.24) is 4.90 Å². The Morgan fingerprint density at radius 1 is 1.50 bits per heavy atom. The molecule has 1 heterocycles. The minimum absolute atomic E-state index is 0.172. The number of hydrogen-bond donors (Lipinski definition) is 1. The summed E-state index contributed by atoms with van der Waals surface area (Å²) >= 11 is 3.48. The van der Waals surface area contributed by atoms with Crippen LogP contribution in [0.3, 0.4) is 0 Å². The summed E-state index contributed by atoms with van der Waals surface area (Å²) in [5.74, 6) is 0.389. The van der Waals surface area contributed by atoms with E-state index in [0.717, 1.165) is 42.5 Å². The molecule has 2 unspecified atom stereocenters. The minimum Gasteiger partial charge on any atom is -0.327 e. The topological polar surface area (TPSA) is 29.3 Å². The fourth-order valence-electron chi connectivity index (χ4n) is 2.61. The summed E-state index contributed by atoms with van der Waals surface area (Å²) in [5.41, 5.74) is 7.12. The quantitative estimate of drug-likeness (QED) is 0.928. The number of likely N-dealkylation sites (tertiary alicyclic amines) is 1. The van der Waals surface area contributed by atoms with Crippen molar-refractivity contribution in [2.75, 3.05) is 13.1 Å². The molecule has 2 N–H and O–H groups in total. The predicted molar refractivity (Wildman–Crippen MR) is 75.8 cm³/mol. The van der Waals surface area contributed by atoms with E-state index in [1.165, 1.54) is 6.07 Å². The van der Waals surface area contributed by atoms with E-state index in [1.807, 2.05) is 0 Å². The Labute approximate surface area is 116 Å². The molecule has 0 radical (unpaired) electrons. The fraction of sp³-hybridized carbons (Fsp3) is 0.571. The molecule has 0 amide bonds. The molecule has 18 heavy (non-hydrogen) atoms. The molecule has 0 spiro atoms. The van der Waals surface area contributed by atoms with Gasteiger partial charge in [0.1, 0.15) is 5.82 Å². The van der Waals surface area contributed by atoms with E-state index in [2.05, 4.69) is 27.8 Å².